The van der Waals surface area contributed by atoms with Crippen LogP contribution in [0.3, 0.4) is 0 Å². The van der Waals surface area contributed by atoms with Crippen molar-refractivity contribution >= 4 is 15.7 Å². The summed E-state index contributed by atoms with van der Waals surface area (Å²) in [7, 11) is -3.08. The lowest BCUT2D eigenvalue weighted by atomic mass is 9.97. The van der Waals surface area contributed by atoms with Crippen LogP contribution >= 0.6 is 0 Å². The Balaban J connectivity index is 1.61. The zero-order valence-corrected chi connectivity index (χ0v) is 16.5. The number of hydrogen-bond acceptors (Lipinski definition) is 5. The molecule has 158 valence electrons. The Kier molecular flexibility index (Phi) is 6.04. The molecule has 2 fully saturated rings. The van der Waals surface area contributed by atoms with Crippen molar-refractivity contribution in [2.75, 3.05) is 37.7 Å². The maximum Gasteiger partial charge on any atom is 0.432 e. The molecule has 0 spiro atoms. The zero-order chi connectivity index (χ0) is 20.5. The maximum atomic E-state index is 12.8. The number of piperidine rings is 1. The number of rotatable bonds is 5. The Morgan fingerprint density at radius 2 is 2.14 bits per heavy atom. The number of likely N-dealkylation sites (N-methyl/N-ethyl adjacent to an activating group) is 1. The molecule has 28 heavy (non-hydrogen) atoms. The molecular formula is C17H25F3N4O3S. The van der Waals surface area contributed by atoms with Crippen LogP contribution in [0.15, 0.2) is 6.20 Å². The van der Waals surface area contributed by atoms with E-state index in [-0.39, 0.29) is 35.9 Å². The second-order valence-electron chi connectivity index (χ2n) is 7.49. The summed E-state index contributed by atoms with van der Waals surface area (Å²) in [5.74, 6) is 0.0636. The Bertz CT molecular complexity index is 809. The van der Waals surface area contributed by atoms with Crippen molar-refractivity contribution < 1.29 is 26.4 Å². The van der Waals surface area contributed by atoms with Crippen LogP contribution in [-0.2, 0) is 20.8 Å². The summed E-state index contributed by atoms with van der Waals surface area (Å²) in [6, 6.07) is -0.289. The van der Waals surface area contributed by atoms with E-state index in [0.717, 1.165) is 12.6 Å². The molecule has 0 bridgehead atoms. The molecule has 0 radical (unpaired) electrons. The third-order valence-electron chi connectivity index (χ3n) is 5.46. The number of nitrogens with zero attached hydrogens (tertiary/aromatic N) is 3. The van der Waals surface area contributed by atoms with E-state index in [0.29, 0.717) is 38.3 Å². The van der Waals surface area contributed by atoms with Gasteiger partial charge in [-0.15, -0.1) is 0 Å². The third kappa shape index (κ3) is 4.86. The van der Waals surface area contributed by atoms with Crippen molar-refractivity contribution in [1.82, 2.24) is 19.8 Å². The molecule has 1 amide bonds. The Labute approximate surface area is 162 Å². The number of sulfone groups is 1. The van der Waals surface area contributed by atoms with E-state index in [2.05, 4.69) is 9.97 Å². The Morgan fingerprint density at radius 3 is 2.71 bits per heavy atom. The van der Waals surface area contributed by atoms with Gasteiger partial charge in [0.1, 0.15) is 11.5 Å². The second kappa shape index (κ2) is 8.02. The van der Waals surface area contributed by atoms with Gasteiger partial charge in [0.15, 0.2) is 9.84 Å². The molecule has 7 nitrogen and oxygen atoms in total. The van der Waals surface area contributed by atoms with Crippen LogP contribution in [0.2, 0.25) is 0 Å². The van der Waals surface area contributed by atoms with Crippen LogP contribution in [0.4, 0.5) is 13.2 Å². The first-order valence-electron chi connectivity index (χ1n) is 9.43. The molecule has 2 aliphatic rings. The summed E-state index contributed by atoms with van der Waals surface area (Å²) in [4.78, 5) is 22.5. The van der Waals surface area contributed by atoms with Gasteiger partial charge in [-0.2, -0.15) is 13.2 Å². The lowest BCUT2D eigenvalue weighted by Gasteiger charge is -2.34. The van der Waals surface area contributed by atoms with Gasteiger partial charge in [-0.25, -0.2) is 13.4 Å². The fraction of sp³-hybridized carbons (Fsp3) is 0.765. The van der Waals surface area contributed by atoms with Gasteiger partial charge in [-0.3, -0.25) is 9.69 Å². The summed E-state index contributed by atoms with van der Waals surface area (Å²) in [5, 5.41) is 0. The molecule has 11 heteroatoms. The summed E-state index contributed by atoms with van der Waals surface area (Å²) in [5.41, 5.74) is -0.865. The maximum absolute atomic E-state index is 12.8. The van der Waals surface area contributed by atoms with Crippen molar-refractivity contribution in [3.05, 3.63) is 17.7 Å². The van der Waals surface area contributed by atoms with E-state index < -0.39 is 21.7 Å². The van der Waals surface area contributed by atoms with Gasteiger partial charge in [0.2, 0.25) is 5.91 Å². The van der Waals surface area contributed by atoms with Gasteiger partial charge < -0.3 is 9.88 Å². The molecule has 0 aromatic carbocycles. The van der Waals surface area contributed by atoms with Crippen LogP contribution in [0.1, 0.15) is 43.6 Å². The average molecular weight is 422 g/mol. The van der Waals surface area contributed by atoms with Crippen molar-refractivity contribution in [1.29, 1.82) is 0 Å². The SMILES string of the molecule is CCN(C(=O)CN1CCC[C@@H](c2ncc(C(F)(F)F)[nH]2)C1)[C@H]1CCS(=O)(=O)C1. The number of hydrogen-bond donors (Lipinski definition) is 1. The molecule has 3 rings (SSSR count). The number of aromatic nitrogens is 2. The minimum Gasteiger partial charge on any atom is -0.338 e. The van der Waals surface area contributed by atoms with E-state index >= 15 is 0 Å². The van der Waals surface area contributed by atoms with Crippen LogP contribution in [0, 0.1) is 0 Å². The standard InChI is InChI=1S/C17H25F3N4O3S/c1-2-24(13-5-7-28(26,27)11-13)15(25)10-23-6-3-4-12(9-23)16-21-8-14(22-16)17(18,19)20/h8,12-13H,2-7,9-11H2,1H3,(H,21,22)/t12-,13+/m1/s1. The van der Waals surface area contributed by atoms with Crippen LogP contribution in [0.25, 0.3) is 0 Å². The summed E-state index contributed by atoms with van der Waals surface area (Å²) in [6.45, 7) is 3.51. The lowest BCUT2D eigenvalue weighted by Crippen LogP contribution is -2.48. The van der Waals surface area contributed by atoms with E-state index in [1.807, 2.05) is 11.8 Å². The molecule has 1 aromatic heterocycles. The Morgan fingerprint density at radius 1 is 1.39 bits per heavy atom. The fourth-order valence-electron chi connectivity index (χ4n) is 4.05. The number of imidazole rings is 1. The molecule has 1 N–H and O–H groups in total. The van der Waals surface area contributed by atoms with Crippen molar-refractivity contribution in [2.45, 2.75) is 44.3 Å². The molecule has 0 aliphatic carbocycles. The molecule has 0 unspecified atom stereocenters. The topological polar surface area (TPSA) is 86.4 Å². The minimum atomic E-state index is -4.46. The highest BCUT2D eigenvalue weighted by atomic mass is 32.2. The highest BCUT2D eigenvalue weighted by Crippen LogP contribution is 2.31. The van der Waals surface area contributed by atoms with Gasteiger partial charge in [0.25, 0.3) is 0 Å². The molecule has 3 heterocycles. The highest BCUT2D eigenvalue weighted by molar-refractivity contribution is 7.91. The number of amides is 1. The first-order chi connectivity index (χ1) is 13.1. The van der Waals surface area contributed by atoms with Crippen molar-refractivity contribution in [2.24, 2.45) is 0 Å². The number of likely N-dealkylation sites (tertiary alicyclic amines) is 1. The van der Waals surface area contributed by atoms with Crippen molar-refractivity contribution in [3.63, 3.8) is 0 Å². The normalized spacial score (nSPS) is 25.7. The number of carbonyl (C=O) groups is 1. The number of carbonyl (C=O) groups excluding carboxylic acids is 1. The van der Waals surface area contributed by atoms with Crippen LogP contribution < -0.4 is 0 Å². The molecule has 2 aliphatic heterocycles. The van der Waals surface area contributed by atoms with E-state index in [1.165, 1.54) is 0 Å². The molecule has 2 saturated heterocycles. The number of halogens is 3. The fourth-order valence-corrected chi connectivity index (χ4v) is 5.78. The van der Waals surface area contributed by atoms with Gasteiger partial charge in [0.05, 0.1) is 24.2 Å². The molecule has 0 saturated carbocycles. The van der Waals surface area contributed by atoms with Crippen LogP contribution in [-0.4, -0.2) is 77.8 Å². The minimum absolute atomic E-state index is 0.00181. The van der Waals surface area contributed by atoms with Gasteiger partial charge in [0, 0.05) is 25.0 Å². The van der Waals surface area contributed by atoms with Crippen molar-refractivity contribution in [3.8, 4) is 0 Å². The first-order valence-corrected chi connectivity index (χ1v) is 11.3. The van der Waals surface area contributed by atoms with Gasteiger partial charge in [-0.05, 0) is 32.7 Å². The second-order valence-corrected chi connectivity index (χ2v) is 9.72. The molecule has 2 atom stereocenters. The average Bonchev–Trinajstić information content (AvgIpc) is 3.22. The molecular weight excluding hydrogens is 397 g/mol. The third-order valence-corrected chi connectivity index (χ3v) is 7.21. The number of nitrogens with one attached hydrogen (secondary N) is 1. The zero-order valence-electron chi connectivity index (χ0n) is 15.7. The Hall–Kier alpha value is -1.62. The predicted molar refractivity (Wildman–Crippen MR) is 96.5 cm³/mol. The van der Waals surface area contributed by atoms with Gasteiger partial charge >= 0.3 is 6.18 Å². The van der Waals surface area contributed by atoms with Gasteiger partial charge in [-0.1, -0.05) is 0 Å². The van der Waals surface area contributed by atoms with E-state index in [9.17, 15) is 26.4 Å². The lowest BCUT2D eigenvalue weighted by molar-refractivity contribution is -0.141. The van der Waals surface area contributed by atoms with Crippen LogP contribution in [0.5, 0.6) is 0 Å². The number of H-pyrrole nitrogens is 1. The van der Waals surface area contributed by atoms with E-state index in [4.69, 9.17) is 0 Å². The number of alkyl halides is 3. The number of aromatic amines is 1. The molecule has 1 aromatic rings. The quantitative estimate of drug-likeness (QED) is 0.780. The smallest absolute Gasteiger partial charge is 0.338 e. The summed E-state index contributed by atoms with van der Waals surface area (Å²) >= 11 is 0. The largest absolute Gasteiger partial charge is 0.432 e. The van der Waals surface area contributed by atoms with E-state index in [1.54, 1.807) is 4.90 Å². The highest BCUT2D eigenvalue weighted by Gasteiger charge is 2.36. The predicted octanol–water partition coefficient (Wildman–Crippen LogP) is 1.64. The first kappa shape index (κ1) is 21.1. The summed E-state index contributed by atoms with van der Waals surface area (Å²) < 4.78 is 61.7. The monoisotopic (exact) mass is 422 g/mol. The summed E-state index contributed by atoms with van der Waals surface area (Å²) in [6.07, 6.45) is -1.74.